The van der Waals surface area contributed by atoms with Gasteiger partial charge in [-0.05, 0) is 11.6 Å². The van der Waals surface area contributed by atoms with Crippen LogP contribution in [-0.2, 0) is 19.1 Å². The molecule has 1 aliphatic heterocycles. The Bertz CT molecular complexity index is 642. The summed E-state index contributed by atoms with van der Waals surface area (Å²) in [6.45, 7) is 0. The van der Waals surface area contributed by atoms with Crippen molar-refractivity contribution >= 4 is 18.0 Å². The highest BCUT2D eigenvalue weighted by atomic mass is 16.5. The molecule has 1 aliphatic rings. The number of rotatable bonds is 4. The van der Waals surface area contributed by atoms with Crippen molar-refractivity contribution in [2.45, 2.75) is 0 Å². The van der Waals surface area contributed by atoms with Crippen molar-refractivity contribution in [2.75, 3.05) is 14.2 Å². The normalized spacial score (nSPS) is 16.5. The fourth-order valence-corrected chi connectivity index (χ4v) is 1.92. The molecule has 0 fully saturated rings. The Kier molecular flexibility index (Phi) is 4.56. The van der Waals surface area contributed by atoms with Gasteiger partial charge in [0.25, 0.3) is 5.91 Å². The molecule has 1 heterocycles. The summed E-state index contributed by atoms with van der Waals surface area (Å²) in [4.78, 5) is 23.3. The summed E-state index contributed by atoms with van der Waals surface area (Å²) in [6, 6.07) is 9.70. The molecular formula is C16H15NO4. The van der Waals surface area contributed by atoms with E-state index in [-0.39, 0.29) is 11.3 Å². The number of amides is 1. The van der Waals surface area contributed by atoms with Crippen molar-refractivity contribution in [2.24, 2.45) is 0 Å². The number of carbonyl (C=O) groups excluding carboxylic acids is 2. The summed E-state index contributed by atoms with van der Waals surface area (Å²) < 4.78 is 9.70. The van der Waals surface area contributed by atoms with Crippen molar-refractivity contribution in [1.82, 2.24) is 5.32 Å². The lowest BCUT2D eigenvalue weighted by Crippen LogP contribution is -2.20. The molecule has 0 atom stereocenters. The second-order valence-corrected chi connectivity index (χ2v) is 4.20. The molecule has 5 nitrogen and oxygen atoms in total. The van der Waals surface area contributed by atoms with Gasteiger partial charge in [0.2, 0.25) is 0 Å². The average molecular weight is 285 g/mol. The minimum atomic E-state index is -0.722. The Morgan fingerprint density at radius 1 is 1.19 bits per heavy atom. The smallest absolute Gasteiger partial charge is 0.347 e. The van der Waals surface area contributed by atoms with Crippen LogP contribution in [0.2, 0.25) is 0 Å². The Labute approximate surface area is 122 Å². The van der Waals surface area contributed by atoms with Crippen LogP contribution in [0.1, 0.15) is 5.56 Å². The van der Waals surface area contributed by atoms with Crippen LogP contribution >= 0.6 is 0 Å². The zero-order chi connectivity index (χ0) is 15.2. The molecule has 0 aliphatic carbocycles. The number of methoxy groups -OCH3 is 2. The first-order chi connectivity index (χ1) is 10.2. The van der Waals surface area contributed by atoms with E-state index >= 15 is 0 Å². The Morgan fingerprint density at radius 2 is 1.90 bits per heavy atom. The highest BCUT2D eigenvalue weighted by Gasteiger charge is 2.33. The number of carbonyl (C=O) groups is 2. The predicted molar refractivity (Wildman–Crippen MR) is 77.8 cm³/mol. The molecule has 1 aromatic carbocycles. The first-order valence-corrected chi connectivity index (χ1v) is 6.29. The lowest BCUT2D eigenvalue weighted by molar-refractivity contribution is -0.137. The summed E-state index contributed by atoms with van der Waals surface area (Å²) in [5.41, 5.74) is 1.32. The third-order valence-corrected chi connectivity index (χ3v) is 2.89. The van der Waals surface area contributed by atoms with Crippen molar-refractivity contribution in [3.05, 3.63) is 65.1 Å². The van der Waals surface area contributed by atoms with Crippen LogP contribution in [0.3, 0.4) is 0 Å². The lowest BCUT2D eigenvalue weighted by atomic mass is 10.2. The molecule has 5 heteroatoms. The van der Waals surface area contributed by atoms with E-state index in [1.54, 1.807) is 12.2 Å². The largest absolute Gasteiger partial charge is 0.493 e. The van der Waals surface area contributed by atoms with Crippen LogP contribution in [0, 0.1) is 0 Å². The molecular weight excluding hydrogens is 270 g/mol. The lowest BCUT2D eigenvalue weighted by Gasteiger charge is -2.03. The number of ether oxygens (including phenoxy) is 2. The van der Waals surface area contributed by atoms with Gasteiger partial charge in [-0.25, -0.2) is 4.79 Å². The molecule has 0 saturated heterocycles. The van der Waals surface area contributed by atoms with Crippen LogP contribution in [0.5, 0.6) is 0 Å². The number of benzene rings is 1. The maximum atomic E-state index is 11.8. The molecule has 1 aromatic rings. The first-order valence-electron chi connectivity index (χ1n) is 6.29. The number of nitrogens with one attached hydrogen (secondary N) is 1. The van der Waals surface area contributed by atoms with Crippen molar-refractivity contribution in [3.8, 4) is 0 Å². The molecule has 0 spiro atoms. The van der Waals surface area contributed by atoms with Crippen molar-refractivity contribution in [3.63, 3.8) is 0 Å². The van der Waals surface area contributed by atoms with E-state index < -0.39 is 11.9 Å². The van der Waals surface area contributed by atoms with E-state index in [0.29, 0.717) is 5.70 Å². The van der Waals surface area contributed by atoms with Gasteiger partial charge in [-0.2, -0.15) is 0 Å². The third-order valence-electron chi connectivity index (χ3n) is 2.89. The minimum absolute atomic E-state index is 0.126. The maximum absolute atomic E-state index is 11.8. The van der Waals surface area contributed by atoms with Crippen LogP contribution < -0.4 is 5.32 Å². The van der Waals surface area contributed by atoms with Gasteiger partial charge >= 0.3 is 5.97 Å². The fraction of sp³-hybridized carbons (Fsp3) is 0.125. The molecule has 108 valence electrons. The number of allylic oxidation sites excluding steroid dienone is 2. The van der Waals surface area contributed by atoms with Crippen LogP contribution in [0.15, 0.2) is 59.5 Å². The summed E-state index contributed by atoms with van der Waals surface area (Å²) >= 11 is 0. The average Bonchev–Trinajstić information content (AvgIpc) is 2.83. The highest BCUT2D eigenvalue weighted by Crippen LogP contribution is 2.22. The molecule has 0 saturated carbocycles. The number of hydrogen-bond acceptors (Lipinski definition) is 4. The van der Waals surface area contributed by atoms with Gasteiger partial charge in [0.05, 0.1) is 19.9 Å². The molecule has 0 bridgehead atoms. The summed E-state index contributed by atoms with van der Waals surface area (Å²) in [5, 5.41) is 2.58. The summed E-state index contributed by atoms with van der Waals surface area (Å²) in [6.07, 6.45) is 5.31. The van der Waals surface area contributed by atoms with Gasteiger partial charge in [-0.3, -0.25) is 4.79 Å². The van der Waals surface area contributed by atoms with Crippen LogP contribution in [0.25, 0.3) is 6.08 Å². The fourth-order valence-electron chi connectivity index (χ4n) is 1.92. The Hall–Kier alpha value is -2.82. The molecule has 1 N–H and O–H groups in total. The number of esters is 1. The quantitative estimate of drug-likeness (QED) is 0.676. The van der Waals surface area contributed by atoms with Gasteiger partial charge in [0.15, 0.2) is 11.3 Å². The zero-order valence-corrected chi connectivity index (χ0v) is 11.8. The van der Waals surface area contributed by atoms with E-state index in [0.717, 1.165) is 5.56 Å². The molecule has 0 unspecified atom stereocenters. The van der Waals surface area contributed by atoms with Crippen LogP contribution in [0.4, 0.5) is 0 Å². The molecule has 1 amide bonds. The maximum Gasteiger partial charge on any atom is 0.347 e. The van der Waals surface area contributed by atoms with E-state index in [1.165, 1.54) is 14.2 Å². The zero-order valence-electron chi connectivity index (χ0n) is 11.8. The van der Waals surface area contributed by atoms with Gasteiger partial charge in [-0.1, -0.05) is 42.5 Å². The minimum Gasteiger partial charge on any atom is -0.493 e. The Morgan fingerprint density at radius 3 is 2.52 bits per heavy atom. The molecule has 2 rings (SSSR count). The second-order valence-electron chi connectivity index (χ2n) is 4.20. The van der Waals surface area contributed by atoms with Crippen LogP contribution in [-0.4, -0.2) is 26.1 Å². The van der Waals surface area contributed by atoms with Gasteiger partial charge in [-0.15, -0.1) is 0 Å². The van der Waals surface area contributed by atoms with E-state index in [1.807, 2.05) is 36.4 Å². The monoisotopic (exact) mass is 285 g/mol. The third kappa shape index (κ3) is 3.20. The second kappa shape index (κ2) is 6.56. The Balaban J connectivity index is 2.26. The number of hydrogen-bond donors (Lipinski definition) is 1. The van der Waals surface area contributed by atoms with E-state index in [4.69, 9.17) is 4.74 Å². The predicted octanol–water partition coefficient (Wildman–Crippen LogP) is 1.79. The molecule has 0 aromatic heterocycles. The summed E-state index contributed by atoms with van der Waals surface area (Å²) in [7, 11) is 2.61. The topological polar surface area (TPSA) is 64.6 Å². The van der Waals surface area contributed by atoms with Crippen molar-refractivity contribution < 1.29 is 19.1 Å². The summed E-state index contributed by atoms with van der Waals surface area (Å²) in [5.74, 6) is -1.07. The molecule has 0 radical (unpaired) electrons. The first kappa shape index (κ1) is 14.6. The standard InChI is InChI=1S/C16H15NO4/c1-20-14-12(17-15(18)13(14)16(19)21-2)10-6-9-11-7-4-3-5-8-11/h3-10H,1-2H3,(H,17,18)/b9-6+,12-10+. The van der Waals surface area contributed by atoms with Gasteiger partial charge in [0.1, 0.15) is 0 Å². The van der Waals surface area contributed by atoms with Crippen molar-refractivity contribution in [1.29, 1.82) is 0 Å². The SMILES string of the molecule is COC(=O)C1=C(OC)/C(=C\C=C\c2ccccc2)NC1=O. The molecule has 21 heavy (non-hydrogen) atoms. The highest BCUT2D eigenvalue weighted by molar-refractivity contribution is 6.20. The van der Waals surface area contributed by atoms with E-state index in [9.17, 15) is 9.59 Å². The van der Waals surface area contributed by atoms with Gasteiger partial charge < -0.3 is 14.8 Å². The van der Waals surface area contributed by atoms with E-state index in [2.05, 4.69) is 10.1 Å². The van der Waals surface area contributed by atoms with Gasteiger partial charge in [0, 0.05) is 0 Å².